The van der Waals surface area contributed by atoms with Gasteiger partial charge in [-0.2, -0.15) is 5.10 Å². The number of hydrogen-bond donors (Lipinski definition) is 1. The molecular formula is C32H36N4O5S. The standard InChI is InChI=1S/C32H36N4O5S/c1-20-9-7-10-21(15-20)36-31-28(30(34-36)32(2,3)4)29(24-16-22(39-5)12-13-25(24)40-6)42-19-27(38)35(31)18-26(37)33-17-23-11-8-14-41-23/h7-16,29H,17-19H2,1-6H3,(H,33,37)/t29-/m1/s1. The van der Waals surface area contributed by atoms with Gasteiger partial charge in [0.05, 0.1) is 49.4 Å². The number of thioether (sulfide) groups is 1. The first-order valence-electron chi connectivity index (χ1n) is 13.7. The van der Waals surface area contributed by atoms with E-state index in [1.165, 1.54) is 11.8 Å². The van der Waals surface area contributed by atoms with E-state index in [-0.39, 0.29) is 41.3 Å². The minimum absolute atomic E-state index is 0.155. The predicted molar refractivity (Wildman–Crippen MR) is 164 cm³/mol. The van der Waals surface area contributed by atoms with Crippen LogP contribution in [-0.4, -0.2) is 48.1 Å². The number of ether oxygens (including phenoxy) is 2. The van der Waals surface area contributed by atoms with Crippen molar-refractivity contribution in [1.29, 1.82) is 0 Å². The van der Waals surface area contributed by atoms with Crippen LogP contribution in [0.4, 0.5) is 5.82 Å². The van der Waals surface area contributed by atoms with Crippen molar-refractivity contribution in [3.8, 4) is 17.2 Å². The molecule has 0 saturated heterocycles. The lowest BCUT2D eigenvalue weighted by molar-refractivity contribution is -0.123. The number of rotatable bonds is 8. The van der Waals surface area contributed by atoms with Crippen molar-refractivity contribution in [2.24, 2.45) is 0 Å². The Kier molecular flexibility index (Phi) is 8.36. The van der Waals surface area contributed by atoms with Gasteiger partial charge >= 0.3 is 0 Å². The Morgan fingerprint density at radius 1 is 1.12 bits per heavy atom. The van der Waals surface area contributed by atoms with Gasteiger partial charge in [-0.15, -0.1) is 11.8 Å². The number of furan rings is 1. The molecule has 10 heteroatoms. The van der Waals surface area contributed by atoms with Crippen molar-refractivity contribution in [2.75, 3.05) is 31.4 Å². The minimum Gasteiger partial charge on any atom is -0.497 e. The summed E-state index contributed by atoms with van der Waals surface area (Å²) in [6, 6.07) is 17.2. The van der Waals surface area contributed by atoms with Gasteiger partial charge in [0.2, 0.25) is 11.8 Å². The van der Waals surface area contributed by atoms with E-state index in [0.717, 1.165) is 28.1 Å². The molecule has 0 aliphatic carbocycles. The number of amides is 2. The monoisotopic (exact) mass is 588 g/mol. The zero-order chi connectivity index (χ0) is 30.0. The number of methoxy groups -OCH3 is 2. The fourth-order valence-electron chi connectivity index (χ4n) is 5.10. The van der Waals surface area contributed by atoms with Gasteiger partial charge in [-0.25, -0.2) is 4.68 Å². The van der Waals surface area contributed by atoms with Gasteiger partial charge in [-0.1, -0.05) is 32.9 Å². The highest BCUT2D eigenvalue weighted by atomic mass is 32.2. The fraction of sp³-hybridized carbons (Fsp3) is 0.344. The van der Waals surface area contributed by atoms with Crippen LogP contribution >= 0.6 is 11.8 Å². The van der Waals surface area contributed by atoms with E-state index in [0.29, 0.717) is 23.1 Å². The number of nitrogens with zero attached hydrogens (tertiary/aromatic N) is 3. The first-order valence-corrected chi connectivity index (χ1v) is 14.8. The summed E-state index contributed by atoms with van der Waals surface area (Å²) in [6.45, 7) is 8.39. The maximum absolute atomic E-state index is 13.9. The van der Waals surface area contributed by atoms with Crippen molar-refractivity contribution in [3.05, 3.63) is 89.0 Å². The normalized spacial score (nSPS) is 15.2. The van der Waals surface area contributed by atoms with E-state index >= 15 is 0 Å². The van der Waals surface area contributed by atoms with Crippen LogP contribution in [0.1, 0.15) is 54.2 Å². The SMILES string of the molecule is COc1ccc(OC)c([C@H]2SCC(=O)N(CC(=O)NCc3ccco3)c3c2c(C(C)(C)C)nn3-c2cccc(C)c2)c1. The smallest absolute Gasteiger partial charge is 0.240 e. The average molecular weight is 589 g/mol. The Morgan fingerprint density at radius 3 is 2.60 bits per heavy atom. The first-order chi connectivity index (χ1) is 20.1. The Labute approximate surface area is 250 Å². The molecule has 2 aromatic heterocycles. The van der Waals surface area contributed by atoms with Crippen LogP contribution in [0, 0.1) is 6.92 Å². The molecule has 42 heavy (non-hydrogen) atoms. The highest BCUT2D eigenvalue weighted by molar-refractivity contribution is 8.00. The molecule has 1 atom stereocenters. The summed E-state index contributed by atoms with van der Waals surface area (Å²) in [5.41, 5.74) is 4.04. The highest BCUT2D eigenvalue weighted by Gasteiger charge is 2.41. The van der Waals surface area contributed by atoms with Gasteiger partial charge < -0.3 is 19.2 Å². The number of benzene rings is 2. The number of fused-ring (bicyclic) bond motifs is 1. The number of carbonyl (C=O) groups is 2. The van der Waals surface area contributed by atoms with Crippen LogP contribution in [0.3, 0.4) is 0 Å². The van der Waals surface area contributed by atoms with Crippen LogP contribution in [0.5, 0.6) is 11.5 Å². The summed E-state index contributed by atoms with van der Waals surface area (Å²) >= 11 is 1.49. The molecule has 1 aliphatic heterocycles. The van der Waals surface area contributed by atoms with E-state index < -0.39 is 0 Å². The van der Waals surface area contributed by atoms with E-state index in [1.807, 2.05) is 54.1 Å². The largest absolute Gasteiger partial charge is 0.497 e. The summed E-state index contributed by atoms with van der Waals surface area (Å²) in [4.78, 5) is 28.8. The summed E-state index contributed by atoms with van der Waals surface area (Å²) in [7, 11) is 3.26. The van der Waals surface area contributed by atoms with Crippen molar-refractivity contribution in [2.45, 2.75) is 44.9 Å². The second-order valence-corrected chi connectivity index (χ2v) is 12.3. The van der Waals surface area contributed by atoms with Crippen LogP contribution in [0.2, 0.25) is 0 Å². The second kappa shape index (κ2) is 12.0. The van der Waals surface area contributed by atoms with Gasteiger partial charge in [-0.3, -0.25) is 14.5 Å². The van der Waals surface area contributed by atoms with E-state index in [4.69, 9.17) is 19.0 Å². The number of aromatic nitrogens is 2. The molecule has 0 saturated carbocycles. The number of nitrogens with one attached hydrogen (secondary N) is 1. The lowest BCUT2D eigenvalue weighted by Gasteiger charge is -2.25. The third kappa shape index (κ3) is 5.90. The summed E-state index contributed by atoms with van der Waals surface area (Å²) in [5, 5.41) is 7.72. The number of carbonyl (C=O) groups excluding carboxylic acids is 2. The van der Waals surface area contributed by atoms with Crippen LogP contribution in [0.25, 0.3) is 5.69 Å². The Hall–Kier alpha value is -4.18. The summed E-state index contributed by atoms with van der Waals surface area (Å²) in [6.07, 6.45) is 1.56. The molecule has 1 aliphatic rings. The van der Waals surface area contributed by atoms with Gasteiger partial charge in [-0.05, 0) is 55.0 Å². The third-order valence-corrected chi connectivity index (χ3v) is 8.34. The van der Waals surface area contributed by atoms with Gasteiger partial charge in [0.1, 0.15) is 29.6 Å². The summed E-state index contributed by atoms with van der Waals surface area (Å²) in [5.74, 6) is 2.23. The van der Waals surface area contributed by atoms with Gasteiger partial charge in [0.15, 0.2) is 0 Å². The average Bonchev–Trinajstić information content (AvgIpc) is 3.61. The number of hydrogen-bond acceptors (Lipinski definition) is 7. The number of aryl methyl sites for hydroxylation is 1. The summed E-state index contributed by atoms with van der Waals surface area (Å²) < 4.78 is 18.6. The molecule has 220 valence electrons. The zero-order valence-electron chi connectivity index (χ0n) is 24.8. The van der Waals surface area contributed by atoms with Crippen molar-refractivity contribution < 1.29 is 23.5 Å². The van der Waals surface area contributed by atoms with Gasteiger partial charge in [0.25, 0.3) is 0 Å². The Balaban J connectivity index is 1.72. The number of anilines is 1. The molecular weight excluding hydrogens is 552 g/mol. The Bertz CT molecular complexity index is 1590. The van der Waals surface area contributed by atoms with Crippen LogP contribution in [-0.2, 0) is 21.5 Å². The molecule has 3 heterocycles. The zero-order valence-corrected chi connectivity index (χ0v) is 25.6. The molecule has 0 unspecified atom stereocenters. The minimum atomic E-state index is -0.384. The molecule has 0 spiro atoms. The molecule has 2 amide bonds. The van der Waals surface area contributed by atoms with E-state index in [1.54, 1.807) is 37.5 Å². The molecule has 1 N–H and O–H groups in total. The molecule has 9 nitrogen and oxygen atoms in total. The topological polar surface area (TPSA) is 98.8 Å². The molecule has 0 bridgehead atoms. The first kappa shape index (κ1) is 29.3. The maximum atomic E-state index is 13.9. The quantitative estimate of drug-likeness (QED) is 0.287. The second-order valence-electron chi connectivity index (χ2n) is 11.2. The predicted octanol–water partition coefficient (Wildman–Crippen LogP) is 5.57. The van der Waals surface area contributed by atoms with Gasteiger partial charge in [0, 0.05) is 16.5 Å². The van der Waals surface area contributed by atoms with Crippen LogP contribution in [0.15, 0.2) is 65.3 Å². The van der Waals surface area contributed by atoms with Crippen molar-refractivity contribution in [3.63, 3.8) is 0 Å². The lowest BCUT2D eigenvalue weighted by Crippen LogP contribution is -2.42. The highest BCUT2D eigenvalue weighted by Crippen LogP contribution is 2.51. The van der Waals surface area contributed by atoms with Crippen molar-refractivity contribution in [1.82, 2.24) is 15.1 Å². The van der Waals surface area contributed by atoms with E-state index in [2.05, 4.69) is 26.1 Å². The van der Waals surface area contributed by atoms with Crippen LogP contribution < -0.4 is 19.7 Å². The lowest BCUT2D eigenvalue weighted by atomic mass is 9.87. The molecule has 5 rings (SSSR count). The molecule has 2 aromatic carbocycles. The maximum Gasteiger partial charge on any atom is 0.240 e. The van der Waals surface area contributed by atoms with Crippen molar-refractivity contribution >= 4 is 29.4 Å². The third-order valence-electron chi connectivity index (χ3n) is 7.11. The Morgan fingerprint density at radius 2 is 1.93 bits per heavy atom. The molecule has 4 aromatic rings. The fourth-order valence-corrected chi connectivity index (χ4v) is 6.31. The molecule has 0 radical (unpaired) electrons. The van der Waals surface area contributed by atoms with E-state index in [9.17, 15) is 9.59 Å². The molecule has 0 fully saturated rings.